The van der Waals surface area contributed by atoms with E-state index < -0.39 is 5.82 Å². The maximum Gasteiger partial charge on any atom is 0.257 e. The molecule has 3 rings (SSSR count). The number of furan rings is 1. The summed E-state index contributed by atoms with van der Waals surface area (Å²) in [5, 5.41) is 0. The third-order valence-corrected chi connectivity index (χ3v) is 3.81. The van der Waals surface area contributed by atoms with Crippen LogP contribution in [0.25, 0.3) is 0 Å². The first-order chi connectivity index (χ1) is 9.65. The van der Waals surface area contributed by atoms with Crippen molar-refractivity contribution in [3.05, 3.63) is 58.2 Å². The number of hydrogen-bond acceptors (Lipinski definition) is 2. The van der Waals surface area contributed by atoms with Gasteiger partial charge in [0.25, 0.3) is 5.91 Å². The van der Waals surface area contributed by atoms with Crippen LogP contribution in [0.4, 0.5) is 4.39 Å². The van der Waals surface area contributed by atoms with Gasteiger partial charge >= 0.3 is 0 Å². The van der Waals surface area contributed by atoms with Crippen LogP contribution in [0.5, 0.6) is 0 Å². The molecule has 3 nitrogen and oxygen atoms in total. The third kappa shape index (κ3) is 2.77. The van der Waals surface area contributed by atoms with E-state index in [4.69, 9.17) is 4.42 Å². The summed E-state index contributed by atoms with van der Waals surface area (Å²) in [5.74, 6) is -0.0776. The molecule has 1 saturated carbocycles. The average Bonchev–Trinajstić information content (AvgIpc) is 3.12. The minimum atomic E-state index is -0.505. The van der Waals surface area contributed by atoms with Gasteiger partial charge in [-0.25, -0.2) is 4.39 Å². The molecule has 0 saturated heterocycles. The lowest BCUT2D eigenvalue weighted by Gasteiger charge is -2.21. The van der Waals surface area contributed by atoms with Gasteiger partial charge < -0.3 is 9.32 Å². The highest BCUT2D eigenvalue weighted by Crippen LogP contribution is 2.30. The molecule has 0 radical (unpaired) electrons. The predicted molar refractivity (Wildman–Crippen MR) is 75.7 cm³/mol. The molecule has 1 aliphatic carbocycles. The number of carbonyl (C=O) groups excluding carboxylic acids is 1. The van der Waals surface area contributed by atoms with Gasteiger partial charge in [0.05, 0.1) is 18.4 Å². The minimum absolute atomic E-state index is 0.103. The fraction of sp³-hybridized carbons (Fsp3) is 0.267. The van der Waals surface area contributed by atoms with Crippen molar-refractivity contribution in [1.82, 2.24) is 4.90 Å². The van der Waals surface area contributed by atoms with Gasteiger partial charge in [-0.3, -0.25) is 4.79 Å². The quantitative estimate of drug-likeness (QED) is 0.845. The molecule has 104 valence electrons. The van der Waals surface area contributed by atoms with Crippen LogP contribution < -0.4 is 0 Å². The Labute approximate surface area is 124 Å². The zero-order chi connectivity index (χ0) is 14.1. The number of amides is 1. The Hall–Kier alpha value is -1.62. The maximum absolute atomic E-state index is 13.9. The highest BCUT2D eigenvalue weighted by molar-refractivity contribution is 9.10. The molecule has 1 aliphatic rings. The Morgan fingerprint density at radius 3 is 2.80 bits per heavy atom. The molecule has 1 fully saturated rings. The van der Waals surface area contributed by atoms with Gasteiger partial charge in [0.2, 0.25) is 0 Å². The average molecular weight is 338 g/mol. The Bertz CT molecular complexity index is 623. The second-order valence-corrected chi connectivity index (χ2v) is 5.78. The predicted octanol–water partition coefficient (Wildman–Crippen LogP) is 3.99. The summed E-state index contributed by atoms with van der Waals surface area (Å²) in [4.78, 5) is 14.2. The highest BCUT2D eigenvalue weighted by atomic mass is 79.9. The maximum atomic E-state index is 13.9. The summed E-state index contributed by atoms with van der Waals surface area (Å²) < 4.78 is 19.8. The Morgan fingerprint density at radius 1 is 1.40 bits per heavy atom. The molecule has 1 aromatic heterocycles. The number of rotatable bonds is 4. The van der Waals surface area contributed by atoms with Gasteiger partial charge in [-0.2, -0.15) is 0 Å². The van der Waals surface area contributed by atoms with Crippen LogP contribution in [0.3, 0.4) is 0 Å². The summed E-state index contributed by atoms with van der Waals surface area (Å²) in [6, 6.07) is 8.29. The Kier molecular flexibility index (Phi) is 3.61. The van der Waals surface area contributed by atoms with E-state index in [0.717, 1.165) is 12.8 Å². The summed E-state index contributed by atoms with van der Waals surface area (Å²) in [5.41, 5.74) is 0.103. The van der Waals surface area contributed by atoms with Crippen molar-refractivity contribution in [1.29, 1.82) is 0 Å². The van der Waals surface area contributed by atoms with E-state index in [1.165, 1.54) is 12.1 Å². The van der Waals surface area contributed by atoms with Crippen LogP contribution in [0, 0.1) is 5.82 Å². The number of carbonyl (C=O) groups is 1. The van der Waals surface area contributed by atoms with Crippen LogP contribution in [-0.4, -0.2) is 16.8 Å². The molecule has 1 aromatic carbocycles. The Balaban J connectivity index is 1.85. The zero-order valence-electron chi connectivity index (χ0n) is 10.7. The van der Waals surface area contributed by atoms with Gasteiger partial charge in [-0.05, 0) is 43.2 Å². The second-order valence-electron chi connectivity index (χ2n) is 4.87. The van der Waals surface area contributed by atoms with Crippen molar-refractivity contribution in [2.45, 2.75) is 25.4 Å². The first-order valence-corrected chi connectivity index (χ1v) is 7.23. The molecule has 20 heavy (non-hydrogen) atoms. The standard InChI is InChI=1S/C15H13BrFNO2/c16-10-3-6-13(14(17)8-10)15(19)18(11-4-5-11)9-12-2-1-7-20-12/h1-3,6-8,11H,4-5,9H2. The lowest BCUT2D eigenvalue weighted by atomic mass is 10.1. The van der Waals surface area contributed by atoms with Crippen molar-refractivity contribution >= 4 is 21.8 Å². The molecule has 1 amide bonds. The lowest BCUT2D eigenvalue weighted by molar-refractivity contribution is 0.0712. The molecule has 1 heterocycles. The number of halogens is 2. The molecule has 0 bridgehead atoms. The summed E-state index contributed by atoms with van der Waals surface area (Å²) in [6.45, 7) is 0.381. The van der Waals surface area contributed by atoms with E-state index in [1.54, 1.807) is 23.3 Å². The van der Waals surface area contributed by atoms with E-state index in [1.807, 2.05) is 6.07 Å². The van der Waals surface area contributed by atoms with Crippen molar-refractivity contribution in [2.24, 2.45) is 0 Å². The van der Waals surface area contributed by atoms with Crippen LogP contribution in [0.2, 0.25) is 0 Å². The summed E-state index contributed by atoms with van der Waals surface area (Å²) in [6.07, 6.45) is 3.50. The molecular weight excluding hydrogens is 325 g/mol. The number of benzene rings is 1. The lowest BCUT2D eigenvalue weighted by Crippen LogP contribution is -2.33. The molecule has 2 aromatic rings. The molecule has 0 unspecified atom stereocenters. The number of hydrogen-bond donors (Lipinski definition) is 0. The minimum Gasteiger partial charge on any atom is -0.467 e. The van der Waals surface area contributed by atoms with Gasteiger partial charge in [0.15, 0.2) is 0 Å². The normalized spacial score (nSPS) is 14.3. The van der Waals surface area contributed by atoms with E-state index in [2.05, 4.69) is 15.9 Å². The van der Waals surface area contributed by atoms with Gasteiger partial charge in [0.1, 0.15) is 11.6 Å². The SMILES string of the molecule is O=C(c1ccc(Br)cc1F)N(Cc1ccco1)C1CC1. The Morgan fingerprint density at radius 2 is 2.20 bits per heavy atom. The third-order valence-electron chi connectivity index (χ3n) is 3.32. The van der Waals surface area contributed by atoms with E-state index in [0.29, 0.717) is 16.8 Å². The van der Waals surface area contributed by atoms with Crippen molar-refractivity contribution in [2.75, 3.05) is 0 Å². The molecular formula is C15H13BrFNO2. The van der Waals surface area contributed by atoms with E-state index >= 15 is 0 Å². The zero-order valence-corrected chi connectivity index (χ0v) is 12.3. The first kappa shape index (κ1) is 13.4. The second kappa shape index (κ2) is 5.40. The first-order valence-electron chi connectivity index (χ1n) is 6.43. The molecule has 0 N–H and O–H groups in total. The van der Waals surface area contributed by atoms with Crippen molar-refractivity contribution in [3.63, 3.8) is 0 Å². The van der Waals surface area contributed by atoms with Gasteiger partial charge in [-0.15, -0.1) is 0 Å². The fourth-order valence-electron chi connectivity index (χ4n) is 2.14. The van der Waals surface area contributed by atoms with Crippen LogP contribution in [0.1, 0.15) is 29.0 Å². The van der Waals surface area contributed by atoms with Gasteiger partial charge in [0, 0.05) is 10.5 Å². The molecule has 5 heteroatoms. The molecule has 0 spiro atoms. The number of nitrogens with zero attached hydrogens (tertiary/aromatic N) is 1. The van der Waals surface area contributed by atoms with Crippen molar-refractivity contribution < 1.29 is 13.6 Å². The highest BCUT2D eigenvalue weighted by Gasteiger charge is 2.34. The monoisotopic (exact) mass is 337 g/mol. The molecule has 0 atom stereocenters. The van der Waals surface area contributed by atoms with Crippen molar-refractivity contribution in [3.8, 4) is 0 Å². The summed E-state index contributed by atoms with van der Waals surface area (Å²) in [7, 11) is 0. The summed E-state index contributed by atoms with van der Waals surface area (Å²) >= 11 is 3.19. The topological polar surface area (TPSA) is 33.5 Å². The van der Waals surface area contributed by atoms with E-state index in [9.17, 15) is 9.18 Å². The smallest absolute Gasteiger partial charge is 0.257 e. The van der Waals surface area contributed by atoms with Crippen LogP contribution in [0.15, 0.2) is 45.5 Å². The largest absolute Gasteiger partial charge is 0.467 e. The molecule has 0 aliphatic heterocycles. The van der Waals surface area contributed by atoms with Crippen LogP contribution in [-0.2, 0) is 6.54 Å². The van der Waals surface area contributed by atoms with Gasteiger partial charge in [-0.1, -0.05) is 15.9 Å². The van der Waals surface area contributed by atoms with E-state index in [-0.39, 0.29) is 17.5 Å². The van der Waals surface area contributed by atoms with Crippen LogP contribution >= 0.6 is 15.9 Å². The fourth-order valence-corrected chi connectivity index (χ4v) is 2.47.